The molecule has 0 N–H and O–H groups in total. The van der Waals surface area contributed by atoms with E-state index in [1.54, 1.807) is 29.2 Å². The van der Waals surface area contributed by atoms with Crippen molar-refractivity contribution in [3.05, 3.63) is 95.6 Å². The lowest BCUT2D eigenvalue weighted by atomic mass is 9.98. The van der Waals surface area contributed by atoms with Gasteiger partial charge in [-0.2, -0.15) is 0 Å². The van der Waals surface area contributed by atoms with E-state index >= 15 is 0 Å². The van der Waals surface area contributed by atoms with E-state index in [-0.39, 0.29) is 5.91 Å². The predicted molar refractivity (Wildman–Crippen MR) is 136 cm³/mol. The number of ether oxygens (including phenoxy) is 2. The Labute approximate surface area is 214 Å². The Bertz CT molecular complexity index is 1430. The van der Waals surface area contributed by atoms with Crippen LogP contribution in [0.4, 0.5) is 8.78 Å². The molecular weight excluding hydrogens is 476 g/mol. The third kappa shape index (κ3) is 4.91. The standard InChI is InChI=1S/C29H27F2N3O3/c1-3-36-27-14-21-11-12-33(17-22(21)15-28(27)37-4-2)29(35)26-16-32-18-34(26)23-8-5-19(6-9-23)20-7-10-24(30)25(31)13-20/h5-10,13-16,18H,3-4,11-12,17H2,1-2H3. The molecule has 0 aliphatic carbocycles. The van der Waals surface area contributed by atoms with Crippen molar-refractivity contribution in [2.45, 2.75) is 26.8 Å². The molecule has 3 aromatic carbocycles. The minimum Gasteiger partial charge on any atom is -0.490 e. The van der Waals surface area contributed by atoms with Crippen LogP contribution in [0, 0.1) is 11.6 Å². The summed E-state index contributed by atoms with van der Waals surface area (Å²) in [4.78, 5) is 19.6. The van der Waals surface area contributed by atoms with Gasteiger partial charge in [0.2, 0.25) is 0 Å². The van der Waals surface area contributed by atoms with Gasteiger partial charge in [-0.1, -0.05) is 18.2 Å². The van der Waals surface area contributed by atoms with Crippen LogP contribution in [0.15, 0.2) is 67.1 Å². The van der Waals surface area contributed by atoms with Crippen molar-refractivity contribution >= 4 is 5.91 Å². The van der Waals surface area contributed by atoms with Crippen molar-refractivity contribution in [2.75, 3.05) is 19.8 Å². The van der Waals surface area contributed by atoms with E-state index in [1.807, 2.05) is 43.0 Å². The number of amides is 1. The van der Waals surface area contributed by atoms with Gasteiger partial charge in [0, 0.05) is 18.8 Å². The first-order chi connectivity index (χ1) is 18.0. The fourth-order valence-electron chi connectivity index (χ4n) is 4.59. The molecule has 1 aliphatic heterocycles. The molecular formula is C29H27F2N3O3. The lowest BCUT2D eigenvalue weighted by Gasteiger charge is -2.30. The lowest BCUT2D eigenvalue weighted by Crippen LogP contribution is -2.37. The predicted octanol–water partition coefficient (Wildman–Crippen LogP) is 5.81. The Balaban J connectivity index is 1.37. The van der Waals surface area contributed by atoms with E-state index in [1.165, 1.54) is 12.1 Å². The average molecular weight is 504 g/mol. The topological polar surface area (TPSA) is 56.6 Å². The average Bonchev–Trinajstić information content (AvgIpc) is 3.40. The molecule has 0 radical (unpaired) electrons. The monoisotopic (exact) mass is 503 g/mol. The second kappa shape index (κ2) is 10.4. The summed E-state index contributed by atoms with van der Waals surface area (Å²) in [5.74, 6) is -0.489. The molecule has 0 unspecified atom stereocenters. The van der Waals surface area contributed by atoms with E-state index in [0.717, 1.165) is 34.2 Å². The summed E-state index contributed by atoms with van der Waals surface area (Å²) >= 11 is 0. The summed E-state index contributed by atoms with van der Waals surface area (Å²) in [6.07, 6.45) is 3.87. The number of rotatable bonds is 7. The van der Waals surface area contributed by atoms with E-state index in [2.05, 4.69) is 4.98 Å². The zero-order chi connectivity index (χ0) is 25.9. The minimum absolute atomic E-state index is 0.125. The van der Waals surface area contributed by atoms with Gasteiger partial charge in [-0.3, -0.25) is 9.36 Å². The minimum atomic E-state index is -0.894. The van der Waals surface area contributed by atoms with Crippen LogP contribution < -0.4 is 9.47 Å². The van der Waals surface area contributed by atoms with Gasteiger partial charge in [-0.25, -0.2) is 13.8 Å². The maximum atomic E-state index is 13.7. The number of hydrogen-bond acceptors (Lipinski definition) is 4. The number of imidazole rings is 1. The molecule has 5 rings (SSSR count). The van der Waals surface area contributed by atoms with Crippen LogP contribution >= 0.6 is 0 Å². The molecule has 1 amide bonds. The first-order valence-corrected chi connectivity index (χ1v) is 12.3. The summed E-state index contributed by atoms with van der Waals surface area (Å²) in [7, 11) is 0. The molecule has 0 atom stereocenters. The maximum absolute atomic E-state index is 13.7. The van der Waals surface area contributed by atoms with Gasteiger partial charge >= 0.3 is 0 Å². The SMILES string of the molecule is CCOc1cc2c(cc1OCC)CN(C(=O)c1cncn1-c1ccc(-c3ccc(F)c(F)c3)cc1)CC2. The molecule has 6 nitrogen and oxygen atoms in total. The number of aromatic nitrogens is 2. The molecule has 4 aromatic rings. The smallest absolute Gasteiger partial charge is 0.272 e. The van der Waals surface area contributed by atoms with Gasteiger partial charge in [0.15, 0.2) is 23.1 Å². The maximum Gasteiger partial charge on any atom is 0.272 e. The second-order valence-electron chi connectivity index (χ2n) is 8.74. The van der Waals surface area contributed by atoms with Crippen LogP contribution in [0.1, 0.15) is 35.5 Å². The van der Waals surface area contributed by atoms with Crippen LogP contribution in [0.3, 0.4) is 0 Å². The van der Waals surface area contributed by atoms with Crippen molar-refractivity contribution in [1.29, 1.82) is 0 Å². The molecule has 1 aromatic heterocycles. The molecule has 2 heterocycles. The molecule has 0 spiro atoms. The quantitative estimate of drug-likeness (QED) is 0.319. The first-order valence-electron chi connectivity index (χ1n) is 12.3. The third-order valence-electron chi connectivity index (χ3n) is 6.42. The Morgan fingerprint density at radius 1 is 0.892 bits per heavy atom. The summed E-state index contributed by atoms with van der Waals surface area (Å²) in [5.41, 5.74) is 4.67. The first kappa shape index (κ1) is 24.5. The molecule has 190 valence electrons. The summed E-state index contributed by atoms with van der Waals surface area (Å²) in [6.45, 7) is 5.98. The van der Waals surface area contributed by atoms with Crippen LogP contribution in [0.2, 0.25) is 0 Å². The van der Waals surface area contributed by atoms with Crippen LogP contribution in [0.5, 0.6) is 11.5 Å². The van der Waals surface area contributed by atoms with E-state index in [9.17, 15) is 13.6 Å². The Hall–Kier alpha value is -4.20. The van der Waals surface area contributed by atoms with Gasteiger partial charge in [0.25, 0.3) is 5.91 Å². The number of halogens is 2. The molecule has 37 heavy (non-hydrogen) atoms. The molecule has 0 bridgehead atoms. The molecule has 1 aliphatic rings. The van der Waals surface area contributed by atoms with Crippen molar-refractivity contribution < 1.29 is 23.0 Å². The van der Waals surface area contributed by atoms with Crippen LogP contribution in [0.25, 0.3) is 16.8 Å². The number of fused-ring (bicyclic) bond motifs is 1. The van der Waals surface area contributed by atoms with Crippen molar-refractivity contribution in [2.24, 2.45) is 0 Å². The van der Waals surface area contributed by atoms with E-state index in [0.29, 0.717) is 49.7 Å². The fraction of sp³-hybridized carbons (Fsp3) is 0.241. The van der Waals surface area contributed by atoms with Crippen LogP contribution in [-0.2, 0) is 13.0 Å². The van der Waals surface area contributed by atoms with Crippen LogP contribution in [-0.4, -0.2) is 40.1 Å². The summed E-state index contributed by atoms with van der Waals surface area (Å²) in [6, 6.07) is 15.0. The highest BCUT2D eigenvalue weighted by atomic mass is 19.2. The highest BCUT2D eigenvalue weighted by molar-refractivity contribution is 5.93. The fourth-order valence-corrected chi connectivity index (χ4v) is 4.59. The molecule has 0 saturated carbocycles. The number of benzene rings is 3. The zero-order valence-corrected chi connectivity index (χ0v) is 20.7. The zero-order valence-electron chi connectivity index (χ0n) is 20.7. The largest absolute Gasteiger partial charge is 0.490 e. The summed E-state index contributed by atoms with van der Waals surface area (Å²) in [5, 5.41) is 0. The molecule has 0 saturated heterocycles. The van der Waals surface area contributed by atoms with E-state index in [4.69, 9.17) is 9.47 Å². The number of nitrogens with zero attached hydrogens (tertiary/aromatic N) is 3. The van der Waals surface area contributed by atoms with Gasteiger partial charge < -0.3 is 14.4 Å². The van der Waals surface area contributed by atoms with Crippen molar-refractivity contribution in [1.82, 2.24) is 14.5 Å². The highest BCUT2D eigenvalue weighted by Gasteiger charge is 2.26. The highest BCUT2D eigenvalue weighted by Crippen LogP contribution is 2.34. The van der Waals surface area contributed by atoms with E-state index < -0.39 is 11.6 Å². The normalized spacial score (nSPS) is 12.8. The van der Waals surface area contributed by atoms with Crippen molar-refractivity contribution in [3.63, 3.8) is 0 Å². The Kier molecular flexibility index (Phi) is 6.90. The molecule has 8 heteroatoms. The second-order valence-corrected chi connectivity index (χ2v) is 8.74. The van der Waals surface area contributed by atoms with Gasteiger partial charge in [0.1, 0.15) is 5.69 Å². The van der Waals surface area contributed by atoms with Gasteiger partial charge in [-0.05, 0) is 78.9 Å². The van der Waals surface area contributed by atoms with Crippen molar-refractivity contribution in [3.8, 4) is 28.3 Å². The lowest BCUT2D eigenvalue weighted by molar-refractivity contribution is 0.0726. The third-order valence-corrected chi connectivity index (χ3v) is 6.42. The Morgan fingerprint density at radius 3 is 2.24 bits per heavy atom. The molecule has 0 fully saturated rings. The number of carbonyl (C=O) groups excluding carboxylic acids is 1. The van der Waals surface area contributed by atoms with Gasteiger partial charge in [0.05, 0.1) is 25.7 Å². The Morgan fingerprint density at radius 2 is 1.57 bits per heavy atom. The summed E-state index contributed by atoms with van der Waals surface area (Å²) < 4.78 is 40.2. The number of carbonyl (C=O) groups is 1. The number of hydrogen-bond donors (Lipinski definition) is 0. The van der Waals surface area contributed by atoms with Gasteiger partial charge in [-0.15, -0.1) is 0 Å².